The van der Waals surface area contributed by atoms with Gasteiger partial charge in [-0.3, -0.25) is 4.98 Å². The SMILES string of the molecule is Clc1cccc(Cl)c1CNc1cccc2ncccc12. The summed E-state index contributed by atoms with van der Waals surface area (Å²) in [4.78, 5) is 4.34. The molecule has 1 heterocycles. The summed E-state index contributed by atoms with van der Waals surface area (Å²) in [6.45, 7) is 0.576. The Morgan fingerprint density at radius 3 is 2.45 bits per heavy atom. The van der Waals surface area contributed by atoms with Crippen LogP contribution in [0.4, 0.5) is 5.69 Å². The maximum absolute atomic E-state index is 6.18. The molecule has 0 bridgehead atoms. The molecule has 0 spiro atoms. The number of benzene rings is 2. The Labute approximate surface area is 127 Å². The Kier molecular flexibility index (Phi) is 3.77. The fraction of sp³-hybridized carbons (Fsp3) is 0.0625. The lowest BCUT2D eigenvalue weighted by Crippen LogP contribution is -2.01. The quantitative estimate of drug-likeness (QED) is 0.723. The Balaban J connectivity index is 1.91. The summed E-state index contributed by atoms with van der Waals surface area (Å²) in [7, 11) is 0. The number of rotatable bonds is 3. The number of anilines is 1. The molecule has 0 aliphatic heterocycles. The average molecular weight is 303 g/mol. The standard InChI is InChI=1S/C16H12Cl2N2/c17-13-5-1-6-14(18)12(13)10-20-16-8-2-7-15-11(16)4-3-9-19-15/h1-9,20H,10H2. The molecule has 0 radical (unpaired) electrons. The highest BCUT2D eigenvalue weighted by Gasteiger charge is 2.06. The number of hydrogen-bond acceptors (Lipinski definition) is 2. The highest BCUT2D eigenvalue weighted by molar-refractivity contribution is 6.36. The van der Waals surface area contributed by atoms with Crippen LogP contribution >= 0.6 is 23.2 Å². The molecule has 20 heavy (non-hydrogen) atoms. The number of nitrogens with zero attached hydrogens (tertiary/aromatic N) is 1. The van der Waals surface area contributed by atoms with E-state index in [1.54, 1.807) is 6.20 Å². The van der Waals surface area contributed by atoms with Gasteiger partial charge in [-0.2, -0.15) is 0 Å². The van der Waals surface area contributed by atoms with E-state index in [-0.39, 0.29) is 0 Å². The highest BCUT2D eigenvalue weighted by Crippen LogP contribution is 2.27. The molecular weight excluding hydrogens is 291 g/mol. The second kappa shape index (κ2) is 5.70. The van der Waals surface area contributed by atoms with Crippen LogP contribution in [0.25, 0.3) is 10.9 Å². The topological polar surface area (TPSA) is 24.9 Å². The van der Waals surface area contributed by atoms with Crippen LogP contribution in [0.3, 0.4) is 0 Å². The number of pyridine rings is 1. The summed E-state index contributed by atoms with van der Waals surface area (Å²) in [6.07, 6.45) is 1.79. The summed E-state index contributed by atoms with van der Waals surface area (Å²) in [5, 5.41) is 5.80. The molecule has 0 unspecified atom stereocenters. The van der Waals surface area contributed by atoms with E-state index in [2.05, 4.69) is 10.3 Å². The van der Waals surface area contributed by atoms with Crippen LogP contribution in [-0.4, -0.2) is 4.98 Å². The third kappa shape index (κ3) is 2.58. The average Bonchev–Trinajstić information content (AvgIpc) is 2.47. The fourth-order valence-corrected chi connectivity index (χ4v) is 2.67. The van der Waals surface area contributed by atoms with Crippen LogP contribution in [0.1, 0.15) is 5.56 Å². The van der Waals surface area contributed by atoms with Crippen molar-refractivity contribution in [3.05, 3.63) is 70.3 Å². The minimum absolute atomic E-state index is 0.576. The van der Waals surface area contributed by atoms with E-state index in [0.29, 0.717) is 16.6 Å². The van der Waals surface area contributed by atoms with Crippen molar-refractivity contribution in [2.24, 2.45) is 0 Å². The third-order valence-corrected chi connectivity index (χ3v) is 3.87. The highest BCUT2D eigenvalue weighted by atomic mass is 35.5. The molecule has 0 aliphatic carbocycles. The summed E-state index contributed by atoms with van der Waals surface area (Å²) >= 11 is 12.4. The van der Waals surface area contributed by atoms with Gasteiger partial charge in [-0.25, -0.2) is 0 Å². The molecule has 0 saturated heterocycles. The predicted molar refractivity (Wildman–Crippen MR) is 85.5 cm³/mol. The lowest BCUT2D eigenvalue weighted by atomic mass is 10.1. The number of fused-ring (bicyclic) bond motifs is 1. The van der Waals surface area contributed by atoms with E-state index in [1.165, 1.54) is 0 Å². The van der Waals surface area contributed by atoms with Crippen molar-refractivity contribution in [2.45, 2.75) is 6.54 Å². The zero-order valence-electron chi connectivity index (χ0n) is 10.6. The van der Waals surface area contributed by atoms with Crippen molar-refractivity contribution in [2.75, 3.05) is 5.32 Å². The molecule has 0 saturated carbocycles. The van der Waals surface area contributed by atoms with E-state index in [9.17, 15) is 0 Å². The monoisotopic (exact) mass is 302 g/mol. The summed E-state index contributed by atoms with van der Waals surface area (Å²) in [5.74, 6) is 0. The Bertz CT molecular complexity index is 731. The lowest BCUT2D eigenvalue weighted by Gasteiger charge is -2.11. The van der Waals surface area contributed by atoms with Crippen LogP contribution in [-0.2, 0) is 6.54 Å². The predicted octanol–water partition coefficient (Wildman–Crippen LogP) is 5.15. The molecule has 1 aromatic heterocycles. The van der Waals surface area contributed by atoms with Crippen molar-refractivity contribution < 1.29 is 0 Å². The summed E-state index contributed by atoms with van der Waals surface area (Å²) in [6, 6.07) is 15.5. The van der Waals surface area contributed by atoms with Gasteiger partial charge in [0.15, 0.2) is 0 Å². The van der Waals surface area contributed by atoms with Crippen LogP contribution in [0.5, 0.6) is 0 Å². The van der Waals surface area contributed by atoms with E-state index in [0.717, 1.165) is 22.2 Å². The van der Waals surface area contributed by atoms with Crippen molar-refractivity contribution in [3.63, 3.8) is 0 Å². The Morgan fingerprint density at radius 1 is 0.900 bits per heavy atom. The van der Waals surface area contributed by atoms with Crippen molar-refractivity contribution >= 4 is 39.8 Å². The molecule has 0 atom stereocenters. The largest absolute Gasteiger partial charge is 0.380 e. The number of aromatic nitrogens is 1. The number of nitrogens with one attached hydrogen (secondary N) is 1. The Morgan fingerprint density at radius 2 is 1.65 bits per heavy atom. The van der Waals surface area contributed by atoms with E-state index < -0.39 is 0 Å². The van der Waals surface area contributed by atoms with E-state index >= 15 is 0 Å². The first kappa shape index (κ1) is 13.2. The molecule has 4 heteroatoms. The van der Waals surface area contributed by atoms with E-state index in [4.69, 9.17) is 23.2 Å². The van der Waals surface area contributed by atoms with Crippen LogP contribution in [0.15, 0.2) is 54.7 Å². The number of hydrogen-bond donors (Lipinski definition) is 1. The third-order valence-electron chi connectivity index (χ3n) is 3.16. The first-order valence-electron chi connectivity index (χ1n) is 6.26. The number of halogens is 2. The summed E-state index contributed by atoms with van der Waals surface area (Å²) in [5.41, 5.74) is 2.88. The fourth-order valence-electron chi connectivity index (χ4n) is 2.14. The van der Waals surface area contributed by atoms with Gasteiger partial charge in [-0.1, -0.05) is 35.3 Å². The van der Waals surface area contributed by atoms with Gasteiger partial charge >= 0.3 is 0 Å². The molecular formula is C16H12Cl2N2. The van der Waals surface area contributed by atoms with Crippen LogP contribution < -0.4 is 5.32 Å². The molecule has 1 N–H and O–H groups in total. The maximum atomic E-state index is 6.18. The van der Waals surface area contributed by atoms with Gasteiger partial charge in [0.1, 0.15) is 0 Å². The van der Waals surface area contributed by atoms with Crippen molar-refractivity contribution in [3.8, 4) is 0 Å². The molecule has 0 fully saturated rings. The summed E-state index contributed by atoms with van der Waals surface area (Å²) < 4.78 is 0. The molecule has 3 aromatic rings. The van der Waals surface area contributed by atoms with Gasteiger partial charge in [0.05, 0.1) is 5.52 Å². The van der Waals surface area contributed by atoms with Crippen LogP contribution in [0, 0.1) is 0 Å². The van der Waals surface area contributed by atoms with Gasteiger partial charge in [0.2, 0.25) is 0 Å². The molecule has 2 nitrogen and oxygen atoms in total. The van der Waals surface area contributed by atoms with Gasteiger partial charge in [0.25, 0.3) is 0 Å². The smallest absolute Gasteiger partial charge is 0.0722 e. The Hall–Kier alpha value is -1.77. The van der Waals surface area contributed by atoms with Gasteiger partial charge < -0.3 is 5.32 Å². The minimum atomic E-state index is 0.576. The first-order valence-corrected chi connectivity index (χ1v) is 7.02. The van der Waals surface area contributed by atoms with E-state index in [1.807, 2.05) is 48.5 Å². The molecule has 2 aromatic carbocycles. The second-order valence-electron chi connectivity index (χ2n) is 4.43. The van der Waals surface area contributed by atoms with Crippen LogP contribution in [0.2, 0.25) is 10.0 Å². The minimum Gasteiger partial charge on any atom is -0.380 e. The second-order valence-corrected chi connectivity index (χ2v) is 5.24. The van der Waals surface area contributed by atoms with Crippen molar-refractivity contribution in [1.82, 2.24) is 4.98 Å². The normalized spacial score (nSPS) is 10.7. The molecule has 0 aliphatic rings. The van der Waals surface area contributed by atoms with Gasteiger partial charge in [-0.05, 0) is 36.4 Å². The maximum Gasteiger partial charge on any atom is 0.0722 e. The first-order chi connectivity index (χ1) is 9.75. The molecule has 0 amide bonds. The zero-order valence-corrected chi connectivity index (χ0v) is 12.1. The van der Waals surface area contributed by atoms with Gasteiger partial charge in [-0.15, -0.1) is 0 Å². The molecule has 3 rings (SSSR count). The molecule has 100 valence electrons. The zero-order chi connectivity index (χ0) is 13.9. The van der Waals surface area contributed by atoms with Gasteiger partial charge in [0, 0.05) is 39.4 Å². The van der Waals surface area contributed by atoms with Crippen molar-refractivity contribution in [1.29, 1.82) is 0 Å². The lowest BCUT2D eigenvalue weighted by molar-refractivity contribution is 1.15.